The Hall–Kier alpha value is -5.87. The molecule has 1 spiro atoms. The van der Waals surface area contributed by atoms with Crippen LogP contribution < -0.4 is 16.0 Å². The lowest BCUT2D eigenvalue weighted by Crippen LogP contribution is -2.46. The van der Waals surface area contributed by atoms with Crippen molar-refractivity contribution < 1.29 is 19.4 Å². The third kappa shape index (κ3) is 5.68. The first kappa shape index (κ1) is 35.8. The molecule has 0 radical (unpaired) electrons. The zero-order valence-corrected chi connectivity index (χ0v) is 32.2. The van der Waals surface area contributed by atoms with Crippen molar-refractivity contribution in [2.45, 2.75) is 63.2 Å². The van der Waals surface area contributed by atoms with Gasteiger partial charge in [-0.2, -0.15) is 0 Å². The third-order valence-corrected chi connectivity index (χ3v) is 14.0. The number of anilines is 1. The predicted molar refractivity (Wildman–Crippen MR) is 214 cm³/mol. The van der Waals surface area contributed by atoms with Crippen molar-refractivity contribution in [2.75, 3.05) is 11.5 Å². The smallest absolute Gasteiger partial charge is 0.279 e. The number of benzene rings is 4. The van der Waals surface area contributed by atoms with Gasteiger partial charge in [-0.25, -0.2) is 9.36 Å². The summed E-state index contributed by atoms with van der Waals surface area (Å²) in [5, 5.41) is 25.3. The van der Waals surface area contributed by atoms with E-state index in [4.69, 9.17) is 4.74 Å². The fourth-order valence-electron chi connectivity index (χ4n) is 9.03. The van der Waals surface area contributed by atoms with E-state index in [0.717, 1.165) is 11.1 Å². The number of rotatable bonds is 10. The molecule has 1 saturated heterocycles. The minimum Gasteiger partial charge on any atom is -0.432 e. The van der Waals surface area contributed by atoms with Crippen molar-refractivity contribution in [3.63, 3.8) is 0 Å². The Balaban J connectivity index is 1.14. The molecule has 4 aromatic carbocycles. The van der Waals surface area contributed by atoms with Crippen molar-refractivity contribution in [1.29, 1.82) is 0 Å². The van der Waals surface area contributed by atoms with Crippen LogP contribution in [0.3, 0.4) is 0 Å². The average Bonchev–Trinajstić information content (AvgIpc) is 3.98. The summed E-state index contributed by atoms with van der Waals surface area (Å²) in [5.41, 5.74) is 3.13. The predicted octanol–water partition coefficient (Wildman–Crippen LogP) is 4.51. The summed E-state index contributed by atoms with van der Waals surface area (Å²) >= 11 is 0. The zero-order valence-electron chi connectivity index (χ0n) is 31.2. The van der Waals surface area contributed by atoms with Crippen LogP contribution in [0.4, 0.5) is 5.69 Å². The van der Waals surface area contributed by atoms with E-state index in [-0.39, 0.29) is 35.7 Å². The molecule has 3 aromatic heterocycles. The van der Waals surface area contributed by atoms with Gasteiger partial charge in [0.25, 0.3) is 17.0 Å². The quantitative estimate of drug-likeness (QED) is 0.147. The van der Waals surface area contributed by atoms with E-state index in [0.29, 0.717) is 64.0 Å². The summed E-state index contributed by atoms with van der Waals surface area (Å²) in [5.74, 6) is -0.701. The van der Waals surface area contributed by atoms with Crippen LogP contribution in [0.1, 0.15) is 30.2 Å². The molecule has 2 aliphatic heterocycles. The Morgan fingerprint density at radius 1 is 0.857 bits per heavy atom. The van der Waals surface area contributed by atoms with Crippen LogP contribution >= 0.6 is 0 Å². The Morgan fingerprint density at radius 3 is 2.16 bits per heavy atom. The first-order chi connectivity index (χ1) is 27.0. The molecule has 0 bridgehead atoms. The van der Waals surface area contributed by atoms with Crippen LogP contribution in [0.15, 0.2) is 107 Å². The van der Waals surface area contributed by atoms with E-state index in [9.17, 15) is 19.5 Å². The zero-order chi connectivity index (χ0) is 38.9. The molecule has 14 nitrogen and oxygen atoms in total. The Bertz CT molecular complexity index is 2760. The lowest BCUT2D eigenvalue weighted by atomic mass is 9.82. The fourth-order valence-corrected chi connectivity index (χ4v) is 11.6. The van der Waals surface area contributed by atoms with E-state index in [1.165, 1.54) is 9.36 Å². The van der Waals surface area contributed by atoms with Crippen molar-refractivity contribution in [3.8, 4) is 11.4 Å². The lowest BCUT2D eigenvalue weighted by molar-refractivity contribution is -0.146. The topological polar surface area (TPSA) is 176 Å². The van der Waals surface area contributed by atoms with Gasteiger partial charge in [0.2, 0.25) is 0 Å². The van der Waals surface area contributed by atoms with Gasteiger partial charge in [0.05, 0.1) is 57.2 Å². The van der Waals surface area contributed by atoms with Crippen LogP contribution in [0.25, 0.3) is 33.2 Å². The highest BCUT2D eigenvalue weighted by Crippen LogP contribution is 2.60. The molecule has 1 fully saturated rings. The molecule has 0 unspecified atom stereocenters. The number of aliphatic hydroxyl groups is 1. The molecule has 9 rings (SSSR count). The van der Waals surface area contributed by atoms with Gasteiger partial charge in [-0.1, -0.05) is 48.5 Å². The van der Waals surface area contributed by atoms with Gasteiger partial charge >= 0.3 is 0 Å². The number of carbonyl (C=O) groups is 1. The van der Waals surface area contributed by atoms with Crippen molar-refractivity contribution >= 4 is 41.7 Å². The Morgan fingerprint density at radius 2 is 1.52 bits per heavy atom. The van der Waals surface area contributed by atoms with Crippen LogP contribution in [0.2, 0.25) is 18.6 Å². The van der Waals surface area contributed by atoms with E-state index in [1.54, 1.807) is 27.9 Å². The van der Waals surface area contributed by atoms with Crippen LogP contribution in [-0.2, 0) is 34.6 Å². The summed E-state index contributed by atoms with van der Waals surface area (Å²) in [6, 6.07) is 27.7. The lowest BCUT2D eigenvalue weighted by Gasteiger charge is -2.32. The van der Waals surface area contributed by atoms with E-state index < -0.39 is 25.9 Å². The Labute approximate surface area is 321 Å². The molecule has 7 aromatic rings. The molecule has 4 N–H and O–H groups in total. The molecule has 56 heavy (non-hydrogen) atoms. The summed E-state index contributed by atoms with van der Waals surface area (Å²) < 4.78 is 11.8. The maximum absolute atomic E-state index is 15.3. The van der Waals surface area contributed by atoms with E-state index >= 15 is 4.79 Å². The second-order valence-corrected chi connectivity index (χ2v) is 19.4. The second-order valence-electron chi connectivity index (χ2n) is 15.5. The average molecular weight is 771 g/mol. The van der Waals surface area contributed by atoms with Gasteiger partial charge in [0.1, 0.15) is 0 Å². The minimum atomic E-state index is -2.98. The number of nitrogens with zero attached hydrogens (tertiary/aromatic N) is 6. The summed E-state index contributed by atoms with van der Waals surface area (Å²) in [6.07, 6.45) is 2.14. The highest BCUT2D eigenvalue weighted by molar-refractivity contribution is 6.71. The van der Waals surface area contributed by atoms with Gasteiger partial charge < -0.3 is 19.5 Å². The molecule has 0 aliphatic carbocycles. The van der Waals surface area contributed by atoms with Crippen molar-refractivity contribution in [1.82, 2.24) is 34.6 Å². The number of carbonyl (C=O) groups excluding carboxylic acids is 1. The molecule has 1 amide bonds. The van der Waals surface area contributed by atoms with Crippen LogP contribution in [0.5, 0.6) is 0 Å². The molecule has 4 atom stereocenters. The van der Waals surface area contributed by atoms with Crippen LogP contribution in [0, 0.1) is 5.92 Å². The van der Waals surface area contributed by atoms with Gasteiger partial charge in [0, 0.05) is 42.8 Å². The molecular formula is C41H42N8O6Si. The van der Waals surface area contributed by atoms with Crippen molar-refractivity contribution in [2.24, 2.45) is 5.92 Å². The first-order valence-corrected chi connectivity index (χ1v) is 21.9. The second kappa shape index (κ2) is 13.4. The first-order valence-electron chi connectivity index (χ1n) is 18.8. The van der Waals surface area contributed by atoms with E-state index in [2.05, 4.69) is 20.5 Å². The van der Waals surface area contributed by atoms with E-state index in [1.807, 2.05) is 98.9 Å². The highest BCUT2D eigenvalue weighted by atomic mass is 28.4. The molecule has 2 aliphatic rings. The largest absolute Gasteiger partial charge is 0.432 e. The van der Waals surface area contributed by atoms with Crippen LogP contribution in [-0.4, -0.2) is 71.4 Å². The fraction of sp³-hybridized carbons (Fsp3) is 0.293. The normalized spacial score (nSPS) is 20.9. The molecule has 0 saturated carbocycles. The minimum absolute atomic E-state index is 0.0344. The summed E-state index contributed by atoms with van der Waals surface area (Å²) in [7, 11) is -2.98. The highest BCUT2D eigenvalue weighted by Gasteiger charge is 2.66. The number of H-pyrrole nitrogens is 2. The van der Waals surface area contributed by atoms with Gasteiger partial charge in [-0.15, -0.1) is 5.10 Å². The number of aromatic amines is 2. The number of amides is 1. The maximum Gasteiger partial charge on any atom is 0.279 e. The number of nitrogens with one attached hydrogen (secondary N) is 2. The SMILES string of the molecule is C[C@H]1[C@H]([Si](C)(C)O)[C@@H](CCn2cc(CCO)nn2)O[C@]12C(=O)N(Cc1cccc(-n3[nH]c4ccccc4c3=O)c1)c1ccc(-n3[nH]c4ccccc4c3=O)cc12. The number of aliphatic hydroxyl groups excluding tert-OH is 1. The van der Waals surface area contributed by atoms with Crippen molar-refractivity contribution in [3.05, 3.63) is 135 Å². The third-order valence-electron chi connectivity index (χ3n) is 11.5. The maximum atomic E-state index is 15.3. The number of hydrogen-bond donors (Lipinski definition) is 4. The molecule has 15 heteroatoms. The molecular weight excluding hydrogens is 729 g/mol. The number of ether oxygens (including phenoxy) is 1. The standard InChI is InChI=1S/C41H42N8O6Si/c1-25-37(56(2,3)54)36(17-19-46-24-27(18-20-50)42-45-46)55-41(25)32-22-29(49-39(52)31-12-5-7-14-34(31)44-49)15-16-35(32)47(40(41)53)23-26-9-8-10-28(21-26)48-38(51)30-11-4-6-13-33(30)43-48/h4-16,21-22,24-25,36-37,43-44,50,54H,17-20,23H2,1-3H3/t25-,36+,37-,41+/m0/s1. The summed E-state index contributed by atoms with van der Waals surface area (Å²) in [6.45, 7) is 6.33. The number of aryl methyl sites for hydroxylation is 1. The number of para-hydroxylation sites is 2. The number of fused-ring (bicyclic) bond motifs is 4. The van der Waals surface area contributed by atoms with Gasteiger partial charge in [0.15, 0.2) is 13.9 Å². The van der Waals surface area contributed by atoms with Gasteiger partial charge in [-0.3, -0.25) is 29.3 Å². The molecule has 5 heterocycles. The molecule has 286 valence electrons. The monoisotopic (exact) mass is 770 g/mol. The Kier molecular flexibility index (Phi) is 8.57. The number of aromatic nitrogens is 7. The van der Waals surface area contributed by atoms with Gasteiger partial charge in [-0.05, 0) is 79.7 Å². The number of hydrogen-bond acceptors (Lipinski definition) is 8. The summed E-state index contributed by atoms with van der Waals surface area (Å²) in [4.78, 5) is 55.9.